The molecule has 0 spiro atoms. The average Bonchev–Trinajstić information content (AvgIpc) is 3.14. The normalized spacial score (nSPS) is 14.0. The molecule has 0 radical (unpaired) electrons. The van der Waals surface area contributed by atoms with Crippen LogP contribution in [0.4, 0.5) is 17.5 Å². The van der Waals surface area contributed by atoms with Crippen molar-refractivity contribution in [2.24, 2.45) is 0 Å². The van der Waals surface area contributed by atoms with Crippen molar-refractivity contribution in [2.75, 3.05) is 23.4 Å². The number of rotatable bonds is 6. The summed E-state index contributed by atoms with van der Waals surface area (Å²) in [7, 11) is 0. The van der Waals surface area contributed by atoms with Crippen molar-refractivity contribution in [3.8, 4) is 0 Å². The predicted octanol–water partition coefficient (Wildman–Crippen LogP) is 4.94. The molecule has 0 aliphatic carbocycles. The van der Waals surface area contributed by atoms with Gasteiger partial charge >= 0.3 is 0 Å². The Morgan fingerprint density at radius 3 is 2.40 bits per heavy atom. The minimum absolute atomic E-state index is 0.0995. The molecule has 2 N–H and O–H groups in total. The Morgan fingerprint density at radius 2 is 1.73 bits per heavy atom. The van der Waals surface area contributed by atoms with Crippen molar-refractivity contribution < 1.29 is 5.11 Å². The van der Waals surface area contributed by atoms with Crippen LogP contribution in [0, 0.1) is 27.7 Å². The lowest BCUT2D eigenvalue weighted by atomic mass is 10.0. The van der Waals surface area contributed by atoms with E-state index < -0.39 is 0 Å². The fourth-order valence-electron chi connectivity index (χ4n) is 4.60. The maximum atomic E-state index is 9.72. The molecule has 1 unspecified atom stereocenters. The molecule has 0 saturated carbocycles. The molecule has 5 nitrogen and oxygen atoms in total. The SMILES string of the molecule is Cc1cc(C)c(Nc2nc(C)c3c(n2)N(C(CCO)c2ccccc2)CC3)c(C)c1. The number of aliphatic hydroxyl groups excluding tert-OH is 1. The number of aliphatic hydroxyl groups is 1. The molecule has 0 bridgehead atoms. The molecule has 3 aromatic rings. The molecule has 2 aromatic carbocycles. The van der Waals surface area contributed by atoms with Crippen LogP contribution in [0.25, 0.3) is 0 Å². The van der Waals surface area contributed by atoms with Crippen LogP contribution in [0.5, 0.6) is 0 Å². The molecule has 1 aliphatic rings. The van der Waals surface area contributed by atoms with Crippen molar-refractivity contribution in [2.45, 2.75) is 46.6 Å². The molecule has 0 fully saturated rings. The number of benzene rings is 2. The van der Waals surface area contributed by atoms with E-state index in [2.05, 4.69) is 74.3 Å². The Bertz CT molecular complexity index is 1030. The summed E-state index contributed by atoms with van der Waals surface area (Å²) < 4.78 is 0. The van der Waals surface area contributed by atoms with Crippen LogP contribution in [0.2, 0.25) is 0 Å². The lowest BCUT2D eigenvalue weighted by Crippen LogP contribution is -2.28. The highest BCUT2D eigenvalue weighted by Gasteiger charge is 2.30. The Kier molecular flexibility index (Phi) is 5.73. The average molecular weight is 403 g/mol. The number of fused-ring (bicyclic) bond motifs is 1. The molecule has 0 amide bonds. The van der Waals surface area contributed by atoms with E-state index in [0.717, 1.165) is 30.2 Å². The van der Waals surface area contributed by atoms with Crippen LogP contribution >= 0.6 is 0 Å². The Balaban J connectivity index is 1.71. The van der Waals surface area contributed by atoms with Gasteiger partial charge in [-0.2, -0.15) is 4.98 Å². The van der Waals surface area contributed by atoms with Crippen LogP contribution in [0.15, 0.2) is 42.5 Å². The molecule has 156 valence electrons. The number of aryl methyl sites for hydroxylation is 4. The molecule has 1 aromatic heterocycles. The van der Waals surface area contributed by atoms with Crippen molar-refractivity contribution in [3.63, 3.8) is 0 Å². The topological polar surface area (TPSA) is 61.3 Å². The predicted molar refractivity (Wildman–Crippen MR) is 123 cm³/mol. The van der Waals surface area contributed by atoms with Crippen molar-refractivity contribution in [3.05, 3.63) is 76.0 Å². The molecule has 30 heavy (non-hydrogen) atoms. The first kappa shape index (κ1) is 20.4. The Hall–Kier alpha value is -2.92. The van der Waals surface area contributed by atoms with Crippen molar-refractivity contribution >= 4 is 17.5 Å². The lowest BCUT2D eigenvalue weighted by molar-refractivity contribution is 0.273. The molecule has 5 heteroatoms. The zero-order valence-electron chi connectivity index (χ0n) is 18.2. The number of nitrogens with one attached hydrogen (secondary N) is 1. The maximum Gasteiger partial charge on any atom is 0.229 e. The summed E-state index contributed by atoms with van der Waals surface area (Å²) in [4.78, 5) is 12.0. The molecular weight excluding hydrogens is 372 g/mol. The summed E-state index contributed by atoms with van der Waals surface area (Å²) in [6.45, 7) is 9.43. The third-order valence-corrected chi connectivity index (χ3v) is 5.94. The number of aromatic nitrogens is 2. The second-order valence-corrected chi connectivity index (χ2v) is 8.22. The van der Waals surface area contributed by atoms with Gasteiger partial charge in [0.15, 0.2) is 0 Å². The number of nitrogens with zero attached hydrogens (tertiary/aromatic N) is 3. The highest BCUT2D eigenvalue weighted by molar-refractivity contribution is 5.66. The number of hydrogen-bond donors (Lipinski definition) is 2. The standard InChI is InChI=1S/C25H30N4O/c1-16-14-17(2)23(18(3)15-16)27-25-26-19(4)21-10-12-29(24(21)28-25)22(11-13-30)20-8-6-5-7-9-20/h5-9,14-15,22,30H,10-13H2,1-4H3,(H,26,27,28). The summed E-state index contributed by atoms with van der Waals surface area (Å²) in [5.74, 6) is 1.61. The first-order valence-electron chi connectivity index (χ1n) is 10.6. The van der Waals surface area contributed by atoms with Crippen LogP contribution in [0.3, 0.4) is 0 Å². The minimum Gasteiger partial charge on any atom is -0.396 e. The first-order chi connectivity index (χ1) is 14.5. The van der Waals surface area contributed by atoms with Gasteiger partial charge in [0.05, 0.1) is 6.04 Å². The van der Waals surface area contributed by atoms with Gasteiger partial charge in [-0.05, 0) is 57.2 Å². The molecule has 1 aliphatic heterocycles. The van der Waals surface area contributed by atoms with Gasteiger partial charge in [0.25, 0.3) is 0 Å². The lowest BCUT2D eigenvalue weighted by Gasteiger charge is -2.30. The zero-order chi connectivity index (χ0) is 21.3. The third kappa shape index (κ3) is 3.90. The van der Waals surface area contributed by atoms with Crippen LogP contribution in [0.1, 0.15) is 46.0 Å². The summed E-state index contributed by atoms with van der Waals surface area (Å²) >= 11 is 0. The molecule has 1 atom stereocenters. The monoisotopic (exact) mass is 402 g/mol. The highest BCUT2D eigenvalue weighted by Crippen LogP contribution is 2.37. The van der Waals surface area contributed by atoms with E-state index in [1.54, 1.807) is 0 Å². The first-order valence-corrected chi connectivity index (χ1v) is 10.6. The second-order valence-electron chi connectivity index (χ2n) is 8.22. The third-order valence-electron chi connectivity index (χ3n) is 5.94. The summed E-state index contributed by atoms with van der Waals surface area (Å²) in [5, 5.41) is 13.2. The van der Waals surface area contributed by atoms with E-state index in [1.165, 1.54) is 27.8 Å². The van der Waals surface area contributed by atoms with Crippen LogP contribution in [-0.2, 0) is 6.42 Å². The summed E-state index contributed by atoms with van der Waals surface area (Å²) in [5.41, 5.74) is 8.12. The Labute approximate surface area is 178 Å². The van der Waals surface area contributed by atoms with E-state index in [-0.39, 0.29) is 12.6 Å². The van der Waals surface area contributed by atoms with E-state index in [1.807, 2.05) is 6.07 Å². The molecule has 4 rings (SSSR count). The molecule has 2 heterocycles. The van der Waals surface area contributed by atoms with Gasteiger partial charge in [-0.1, -0.05) is 48.0 Å². The van der Waals surface area contributed by atoms with Gasteiger partial charge in [-0.3, -0.25) is 0 Å². The Morgan fingerprint density at radius 1 is 1.03 bits per heavy atom. The van der Waals surface area contributed by atoms with E-state index in [9.17, 15) is 5.11 Å². The van der Waals surface area contributed by atoms with Gasteiger partial charge in [-0.25, -0.2) is 4.98 Å². The number of hydrogen-bond acceptors (Lipinski definition) is 5. The van der Waals surface area contributed by atoms with E-state index in [4.69, 9.17) is 9.97 Å². The second kappa shape index (κ2) is 8.44. The zero-order valence-corrected chi connectivity index (χ0v) is 18.2. The van der Waals surface area contributed by atoms with E-state index in [0.29, 0.717) is 12.4 Å². The molecular formula is C25H30N4O. The van der Waals surface area contributed by atoms with Gasteiger partial charge < -0.3 is 15.3 Å². The van der Waals surface area contributed by atoms with Gasteiger partial charge in [0.2, 0.25) is 5.95 Å². The fraction of sp³-hybridized carbons (Fsp3) is 0.360. The quantitative estimate of drug-likeness (QED) is 0.611. The summed E-state index contributed by atoms with van der Waals surface area (Å²) in [6, 6.07) is 14.8. The maximum absolute atomic E-state index is 9.72. The minimum atomic E-state index is 0.0995. The highest BCUT2D eigenvalue weighted by atomic mass is 16.3. The van der Waals surface area contributed by atoms with Gasteiger partial charge in [-0.15, -0.1) is 0 Å². The summed E-state index contributed by atoms with van der Waals surface area (Å²) in [6.07, 6.45) is 1.60. The van der Waals surface area contributed by atoms with E-state index >= 15 is 0 Å². The molecule has 0 saturated heterocycles. The fourth-order valence-corrected chi connectivity index (χ4v) is 4.60. The van der Waals surface area contributed by atoms with Gasteiger partial charge in [0.1, 0.15) is 5.82 Å². The van der Waals surface area contributed by atoms with Crippen molar-refractivity contribution in [1.29, 1.82) is 0 Å². The number of anilines is 3. The van der Waals surface area contributed by atoms with Gasteiger partial charge in [0, 0.05) is 30.1 Å². The van der Waals surface area contributed by atoms with Crippen LogP contribution < -0.4 is 10.2 Å². The van der Waals surface area contributed by atoms with Crippen molar-refractivity contribution in [1.82, 2.24) is 9.97 Å². The van der Waals surface area contributed by atoms with Crippen LogP contribution in [-0.4, -0.2) is 28.2 Å². The largest absolute Gasteiger partial charge is 0.396 e. The smallest absolute Gasteiger partial charge is 0.229 e.